The van der Waals surface area contributed by atoms with E-state index in [9.17, 15) is 14.4 Å². The van der Waals surface area contributed by atoms with Gasteiger partial charge in [-0.2, -0.15) is 0 Å². The van der Waals surface area contributed by atoms with Crippen molar-refractivity contribution in [3.63, 3.8) is 0 Å². The smallest absolute Gasteiger partial charge is 0.251 e. The summed E-state index contributed by atoms with van der Waals surface area (Å²) in [4.78, 5) is 45.6. The van der Waals surface area contributed by atoms with Gasteiger partial charge in [0, 0.05) is 18.5 Å². The second kappa shape index (κ2) is 7.88. The maximum absolute atomic E-state index is 11.8. The average Bonchev–Trinajstić information content (AvgIpc) is 2.89. The summed E-state index contributed by atoms with van der Waals surface area (Å²) in [5.74, 6) is -0.412. The molecule has 0 aromatic carbocycles. The Morgan fingerprint density at radius 3 is 2.78 bits per heavy atom. The quantitative estimate of drug-likeness (QED) is 0.516. The minimum absolute atomic E-state index is 0.0125. The Balaban J connectivity index is 1.95. The highest BCUT2D eigenvalue weighted by Gasteiger charge is 2.10. The maximum atomic E-state index is 11.8. The predicted octanol–water partition coefficient (Wildman–Crippen LogP) is 0.554. The highest BCUT2D eigenvalue weighted by Crippen LogP contribution is 2.16. The normalized spacial score (nSPS) is 10.3. The van der Waals surface area contributed by atoms with E-state index in [0.29, 0.717) is 16.0 Å². The van der Waals surface area contributed by atoms with Crippen LogP contribution in [-0.4, -0.2) is 39.6 Å². The van der Waals surface area contributed by atoms with Gasteiger partial charge in [0.1, 0.15) is 0 Å². The third-order valence-electron chi connectivity index (χ3n) is 2.60. The first-order chi connectivity index (χ1) is 11.0. The topological polar surface area (TPSA) is 117 Å². The molecule has 2 heterocycles. The molecular weight excluding hydrogens is 338 g/mol. The molecule has 0 saturated carbocycles. The number of nitrogens with zero attached hydrogens (tertiary/aromatic N) is 2. The zero-order chi connectivity index (χ0) is 16.8. The van der Waals surface area contributed by atoms with Crippen molar-refractivity contribution in [2.24, 2.45) is 0 Å². The highest BCUT2D eigenvalue weighted by atomic mass is 32.2. The Labute approximate surface area is 140 Å². The Hall–Kier alpha value is -2.20. The maximum Gasteiger partial charge on any atom is 0.251 e. The molecule has 0 fully saturated rings. The summed E-state index contributed by atoms with van der Waals surface area (Å²) >= 11 is 2.43. The van der Waals surface area contributed by atoms with Gasteiger partial charge in [0.25, 0.3) is 5.56 Å². The Bertz CT molecular complexity index is 771. The van der Waals surface area contributed by atoms with E-state index in [1.54, 1.807) is 0 Å². The highest BCUT2D eigenvalue weighted by molar-refractivity contribution is 7.99. The number of aryl methyl sites for hydroxylation is 1. The summed E-state index contributed by atoms with van der Waals surface area (Å²) in [5, 5.41) is 7.79. The van der Waals surface area contributed by atoms with E-state index in [-0.39, 0.29) is 29.5 Å². The third-order valence-corrected chi connectivity index (χ3v) is 4.35. The van der Waals surface area contributed by atoms with Gasteiger partial charge >= 0.3 is 0 Å². The van der Waals surface area contributed by atoms with E-state index in [2.05, 4.69) is 25.6 Å². The van der Waals surface area contributed by atoms with Gasteiger partial charge in [0.2, 0.25) is 11.8 Å². The fourth-order valence-electron chi connectivity index (χ4n) is 1.60. The monoisotopic (exact) mass is 353 g/mol. The lowest BCUT2D eigenvalue weighted by Gasteiger charge is -2.04. The fourth-order valence-corrected chi connectivity index (χ4v) is 2.99. The number of rotatable bonds is 6. The molecule has 0 saturated heterocycles. The van der Waals surface area contributed by atoms with Crippen LogP contribution in [0, 0.1) is 6.92 Å². The number of anilines is 1. The molecule has 2 aromatic rings. The largest absolute Gasteiger partial charge is 0.359 e. The van der Waals surface area contributed by atoms with Gasteiger partial charge in [-0.1, -0.05) is 11.8 Å². The summed E-state index contributed by atoms with van der Waals surface area (Å²) in [6.07, 6.45) is 0.0125. The van der Waals surface area contributed by atoms with Crippen molar-refractivity contribution in [2.45, 2.75) is 18.5 Å². The molecule has 3 N–H and O–H groups in total. The number of likely N-dealkylation sites (N-methyl/N-ethyl adjacent to an activating group) is 1. The van der Waals surface area contributed by atoms with Crippen molar-refractivity contribution < 1.29 is 9.59 Å². The van der Waals surface area contributed by atoms with Crippen molar-refractivity contribution in [2.75, 3.05) is 18.1 Å². The summed E-state index contributed by atoms with van der Waals surface area (Å²) in [5.41, 5.74) is 0.828. The van der Waals surface area contributed by atoms with Crippen LogP contribution in [0.15, 0.2) is 21.4 Å². The number of H-pyrrole nitrogens is 1. The molecule has 122 valence electrons. The van der Waals surface area contributed by atoms with Crippen molar-refractivity contribution in [3.8, 4) is 0 Å². The third kappa shape index (κ3) is 5.49. The molecule has 0 unspecified atom stereocenters. The molecule has 0 aliphatic rings. The van der Waals surface area contributed by atoms with Crippen LogP contribution in [0.5, 0.6) is 0 Å². The lowest BCUT2D eigenvalue weighted by molar-refractivity contribution is -0.120. The number of amides is 2. The van der Waals surface area contributed by atoms with Gasteiger partial charge in [0.15, 0.2) is 10.3 Å². The number of thioether (sulfide) groups is 1. The van der Waals surface area contributed by atoms with Gasteiger partial charge in [-0.15, -0.1) is 11.3 Å². The van der Waals surface area contributed by atoms with Crippen LogP contribution in [0.25, 0.3) is 0 Å². The molecule has 0 aliphatic carbocycles. The molecule has 0 radical (unpaired) electrons. The number of carbonyl (C=O) groups excluding carboxylic acids is 2. The van der Waals surface area contributed by atoms with Crippen molar-refractivity contribution >= 4 is 40.0 Å². The number of aromatic amines is 1. The molecule has 2 amide bonds. The lowest BCUT2D eigenvalue weighted by atomic mass is 10.3. The van der Waals surface area contributed by atoms with Gasteiger partial charge in [-0.05, 0) is 6.92 Å². The predicted molar refractivity (Wildman–Crippen MR) is 88.8 cm³/mol. The number of carbonyl (C=O) groups is 2. The summed E-state index contributed by atoms with van der Waals surface area (Å²) < 4.78 is 0. The van der Waals surface area contributed by atoms with Crippen LogP contribution in [0.2, 0.25) is 0 Å². The minimum atomic E-state index is -0.364. The van der Waals surface area contributed by atoms with E-state index >= 15 is 0 Å². The first kappa shape index (κ1) is 17.2. The molecule has 0 atom stereocenters. The molecule has 23 heavy (non-hydrogen) atoms. The number of hydrogen-bond donors (Lipinski definition) is 3. The van der Waals surface area contributed by atoms with Gasteiger partial charge in [0.05, 0.1) is 23.6 Å². The van der Waals surface area contributed by atoms with Crippen LogP contribution < -0.4 is 16.2 Å². The second-order valence-corrected chi connectivity index (χ2v) is 6.34. The van der Waals surface area contributed by atoms with E-state index in [0.717, 1.165) is 17.5 Å². The number of hydrogen-bond acceptors (Lipinski definition) is 7. The van der Waals surface area contributed by atoms with Crippen molar-refractivity contribution in [3.05, 3.63) is 33.2 Å². The van der Waals surface area contributed by atoms with Crippen LogP contribution >= 0.6 is 23.1 Å². The second-order valence-electron chi connectivity index (χ2n) is 4.52. The SMILES string of the molecule is CNC(=O)Cc1cc(=O)[nH]c(SCC(=O)Nc2nc(C)cs2)n1. The molecule has 10 heteroatoms. The zero-order valence-electron chi connectivity index (χ0n) is 12.5. The molecule has 8 nitrogen and oxygen atoms in total. The molecule has 0 bridgehead atoms. The Kier molecular flexibility index (Phi) is 5.88. The average molecular weight is 353 g/mol. The molecule has 0 spiro atoms. The zero-order valence-corrected chi connectivity index (χ0v) is 14.1. The van der Waals surface area contributed by atoms with Crippen LogP contribution in [0.4, 0.5) is 5.13 Å². The molecule has 0 aliphatic heterocycles. The first-order valence-electron chi connectivity index (χ1n) is 6.62. The van der Waals surface area contributed by atoms with E-state index < -0.39 is 0 Å². The standard InChI is InChI=1S/C13H15N5O3S2/c1-7-5-22-12(15-7)18-11(21)6-23-13-16-8(3-9(19)14-2)4-10(20)17-13/h4-5H,3,6H2,1-2H3,(H,14,19)(H,15,18,21)(H,16,17,20). The molecule has 2 rings (SSSR count). The van der Waals surface area contributed by atoms with Gasteiger partial charge < -0.3 is 15.6 Å². The minimum Gasteiger partial charge on any atom is -0.359 e. The number of thiazole rings is 1. The van der Waals surface area contributed by atoms with Gasteiger partial charge in [-0.3, -0.25) is 14.4 Å². The van der Waals surface area contributed by atoms with Crippen LogP contribution in [-0.2, 0) is 16.0 Å². The molecule has 2 aromatic heterocycles. The number of nitrogens with one attached hydrogen (secondary N) is 3. The Morgan fingerprint density at radius 1 is 1.35 bits per heavy atom. The van der Waals surface area contributed by atoms with Gasteiger partial charge in [-0.25, -0.2) is 9.97 Å². The lowest BCUT2D eigenvalue weighted by Crippen LogP contribution is -2.22. The van der Waals surface area contributed by atoms with E-state index in [1.165, 1.54) is 24.5 Å². The first-order valence-corrected chi connectivity index (χ1v) is 8.48. The van der Waals surface area contributed by atoms with Crippen molar-refractivity contribution in [1.82, 2.24) is 20.3 Å². The van der Waals surface area contributed by atoms with Crippen LogP contribution in [0.1, 0.15) is 11.4 Å². The summed E-state index contributed by atoms with van der Waals surface area (Å²) in [7, 11) is 1.51. The van der Waals surface area contributed by atoms with Crippen LogP contribution in [0.3, 0.4) is 0 Å². The summed E-state index contributed by atoms with van der Waals surface area (Å²) in [6.45, 7) is 1.84. The number of aromatic nitrogens is 3. The fraction of sp³-hybridized carbons (Fsp3) is 0.308. The van der Waals surface area contributed by atoms with Crippen molar-refractivity contribution in [1.29, 1.82) is 0 Å². The summed E-state index contributed by atoms with van der Waals surface area (Å²) in [6, 6.07) is 1.26. The van der Waals surface area contributed by atoms with E-state index in [4.69, 9.17) is 0 Å². The Morgan fingerprint density at radius 2 is 2.13 bits per heavy atom. The van der Waals surface area contributed by atoms with E-state index in [1.807, 2.05) is 12.3 Å². The molecular formula is C13H15N5O3S2.